The van der Waals surface area contributed by atoms with Crippen molar-refractivity contribution in [1.82, 2.24) is 0 Å². The Morgan fingerprint density at radius 2 is 2.20 bits per heavy atom. The number of hydrogen-bond acceptors (Lipinski definition) is 3. The Bertz CT molecular complexity index is 560. The van der Waals surface area contributed by atoms with Crippen molar-refractivity contribution in [3.05, 3.63) is 16.0 Å². The number of nitrogens with one attached hydrogen (secondary N) is 1. The number of nitrogens with zero attached hydrogens (tertiary/aromatic N) is 1. The molecule has 1 aromatic rings. The van der Waals surface area contributed by atoms with E-state index in [1.807, 2.05) is 6.92 Å². The third kappa shape index (κ3) is 2.88. The van der Waals surface area contributed by atoms with Crippen molar-refractivity contribution in [2.45, 2.75) is 53.4 Å². The molecular formula is C16H22N2OS. The van der Waals surface area contributed by atoms with Crippen molar-refractivity contribution in [1.29, 1.82) is 5.26 Å². The lowest BCUT2D eigenvalue weighted by atomic mass is 9.72. The molecule has 0 spiro atoms. The van der Waals surface area contributed by atoms with Gasteiger partial charge < -0.3 is 5.32 Å². The number of amides is 1. The van der Waals surface area contributed by atoms with Gasteiger partial charge >= 0.3 is 0 Å². The molecular weight excluding hydrogens is 268 g/mol. The first-order valence-electron chi connectivity index (χ1n) is 7.21. The van der Waals surface area contributed by atoms with Crippen LogP contribution < -0.4 is 5.32 Å². The van der Waals surface area contributed by atoms with Crippen LogP contribution in [-0.4, -0.2) is 5.91 Å². The Kier molecular flexibility index (Phi) is 4.19. The van der Waals surface area contributed by atoms with Gasteiger partial charge in [-0.2, -0.15) is 5.26 Å². The lowest BCUT2D eigenvalue weighted by molar-refractivity contribution is -0.115. The van der Waals surface area contributed by atoms with Gasteiger partial charge in [-0.25, -0.2) is 0 Å². The maximum absolute atomic E-state index is 11.6. The van der Waals surface area contributed by atoms with Gasteiger partial charge in [0.15, 0.2) is 0 Å². The smallest absolute Gasteiger partial charge is 0.224 e. The van der Waals surface area contributed by atoms with E-state index in [2.05, 4.69) is 32.2 Å². The zero-order valence-electron chi connectivity index (χ0n) is 12.7. The van der Waals surface area contributed by atoms with Gasteiger partial charge in [0.1, 0.15) is 11.1 Å². The molecule has 0 aromatic carbocycles. The molecule has 3 nitrogen and oxygen atoms in total. The lowest BCUT2D eigenvalue weighted by Gasteiger charge is -2.33. The normalized spacial score (nSPS) is 18.2. The van der Waals surface area contributed by atoms with E-state index in [0.717, 1.165) is 24.3 Å². The van der Waals surface area contributed by atoms with Gasteiger partial charge in [0, 0.05) is 11.3 Å². The summed E-state index contributed by atoms with van der Waals surface area (Å²) in [5.74, 6) is 0.627. The molecule has 0 fully saturated rings. The fraction of sp³-hybridized carbons (Fsp3) is 0.625. The van der Waals surface area contributed by atoms with E-state index in [0.29, 0.717) is 23.3 Å². The molecule has 1 N–H and O–H groups in total. The minimum Gasteiger partial charge on any atom is -0.317 e. The maximum atomic E-state index is 11.6. The second kappa shape index (κ2) is 5.57. The third-order valence-corrected chi connectivity index (χ3v) is 5.35. The van der Waals surface area contributed by atoms with Crippen LogP contribution >= 0.6 is 11.3 Å². The van der Waals surface area contributed by atoms with Crippen LogP contribution in [0.4, 0.5) is 5.00 Å². The van der Waals surface area contributed by atoms with E-state index >= 15 is 0 Å². The minimum atomic E-state index is -0.0209. The molecule has 1 unspecified atom stereocenters. The van der Waals surface area contributed by atoms with Crippen LogP contribution in [0, 0.1) is 22.7 Å². The van der Waals surface area contributed by atoms with Crippen molar-refractivity contribution in [3.63, 3.8) is 0 Å². The SMILES string of the molecule is CCC(=O)Nc1sc2c(c1C#N)CCC(C(C)(C)C)C2. The van der Waals surface area contributed by atoms with E-state index in [4.69, 9.17) is 0 Å². The number of carbonyl (C=O) groups is 1. The summed E-state index contributed by atoms with van der Waals surface area (Å²) >= 11 is 1.60. The van der Waals surface area contributed by atoms with E-state index < -0.39 is 0 Å². The second-order valence-corrected chi connectivity index (χ2v) is 7.63. The topological polar surface area (TPSA) is 52.9 Å². The largest absolute Gasteiger partial charge is 0.317 e. The fourth-order valence-electron chi connectivity index (χ4n) is 2.75. The highest BCUT2D eigenvalue weighted by Crippen LogP contribution is 2.43. The van der Waals surface area contributed by atoms with Crippen molar-refractivity contribution < 1.29 is 4.79 Å². The van der Waals surface area contributed by atoms with E-state index in [9.17, 15) is 10.1 Å². The van der Waals surface area contributed by atoms with Gasteiger partial charge in [0.2, 0.25) is 5.91 Å². The summed E-state index contributed by atoms with van der Waals surface area (Å²) in [6.45, 7) is 8.66. The molecule has 0 saturated carbocycles. The summed E-state index contributed by atoms with van der Waals surface area (Å²) in [6.07, 6.45) is 3.56. The van der Waals surface area contributed by atoms with Crippen molar-refractivity contribution in [3.8, 4) is 6.07 Å². The van der Waals surface area contributed by atoms with E-state index in [1.165, 1.54) is 10.4 Å². The summed E-state index contributed by atoms with van der Waals surface area (Å²) in [5.41, 5.74) is 2.16. The summed E-state index contributed by atoms with van der Waals surface area (Å²) in [4.78, 5) is 12.9. The maximum Gasteiger partial charge on any atom is 0.224 e. The Morgan fingerprint density at radius 1 is 1.50 bits per heavy atom. The fourth-order valence-corrected chi connectivity index (χ4v) is 4.04. The van der Waals surface area contributed by atoms with Gasteiger partial charge in [0.05, 0.1) is 5.56 Å². The number of fused-ring (bicyclic) bond motifs is 1. The molecule has 1 aromatic heterocycles. The quantitative estimate of drug-likeness (QED) is 0.890. The molecule has 1 heterocycles. The summed E-state index contributed by atoms with van der Waals surface area (Å²) in [5, 5.41) is 13.0. The van der Waals surface area contributed by atoms with Crippen molar-refractivity contribution in [2.24, 2.45) is 11.3 Å². The van der Waals surface area contributed by atoms with Gasteiger partial charge in [-0.05, 0) is 36.2 Å². The van der Waals surface area contributed by atoms with Gasteiger partial charge in [-0.15, -0.1) is 11.3 Å². The number of anilines is 1. The summed E-state index contributed by atoms with van der Waals surface area (Å²) in [6, 6.07) is 2.28. The average molecular weight is 290 g/mol. The molecule has 108 valence electrons. The first kappa shape index (κ1) is 15.1. The summed E-state index contributed by atoms with van der Waals surface area (Å²) < 4.78 is 0. The van der Waals surface area contributed by atoms with Crippen molar-refractivity contribution >= 4 is 22.2 Å². The molecule has 0 saturated heterocycles. The standard InChI is InChI=1S/C16H22N2OS/c1-5-14(19)18-15-12(9-17)11-7-6-10(16(2,3)4)8-13(11)20-15/h10H,5-8H2,1-4H3,(H,18,19). The first-order valence-corrected chi connectivity index (χ1v) is 8.03. The lowest BCUT2D eigenvalue weighted by Crippen LogP contribution is -2.26. The Balaban J connectivity index is 2.31. The molecule has 0 bridgehead atoms. The molecule has 0 aliphatic heterocycles. The number of hydrogen-bond donors (Lipinski definition) is 1. The highest BCUT2D eigenvalue weighted by Gasteiger charge is 2.32. The van der Waals surface area contributed by atoms with Crippen LogP contribution in [0.3, 0.4) is 0 Å². The van der Waals surface area contributed by atoms with E-state index in [1.54, 1.807) is 11.3 Å². The van der Waals surface area contributed by atoms with Crippen LogP contribution in [0.5, 0.6) is 0 Å². The molecule has 1 amide bonds. The van der Waals surface area contributed by atoms with Crippen LogP contribution in [0.15, 0.2) is 0 Å². The number of nitriles is 1. The Labute approximate surface area is 125 Å². The van der Waals surface area contributed by atoms with Crippen LogP contribution in [0.25, 0.3) is 0 Å². The van der Waals surface area contributed by atoms with Gasteiger partial charge in [0.25, 0.3) is 0 Å². The van der Waals surface area contributed by atoms with Crippen LogP contribution in [-0.2, 0) is 17.6 Å². The minimum absolute atomic E-state index is 0.0209. The predicted octanol–water partition coefficient (Wildman–Crippen LogP) is 4.12. The Morgan fingerprint density at radius 3 is 2.75 bits per heavy atom. The average Bonchev–Trinajstić information content (AvgIpc) is 2.73. The zero-order chi connectivity index (χ0) is 14.9. The highest BCUT2D eigenvalue weighted by molar-refractivity contribution is 7.16. The van der Waals surface area contributed by atoms with Crippen LogP contribution in [0.2, 0.25) is 0 Å². The molecule has 4 heteroatoms. The number of thiophene rings is 1. The van der Waals surface area contributed by atoms with E-state index in [-0.39, 0.29) is 5.91 Å². The molecule has 0 radical (unpaired) electrons. The summed E-state index contributed by atoms with van der Waals surface area (Å²) in [7, 11) is 0. The highest BCUT2D eigenvalue weighted by atomic mass is 32.1. The molecule has 1 aliphatic rings. The third-order valence-electron chi connectivity index (χ3n) is 4.18. The number of rotatable bonds is 2. The number of carbonyl (C=O) groups excluding carboxylic acids is 1. The second-order valence-electron chi connectivity index (χ2n) is 6.53. The van der Waals surface area contributed by atoms with Crippen molar-refractivity contribution in [2.75, 3.05) is 5.32 Å². The molecule has 20 heavy (non-hydrogen) atoms. The first-order chi connectivity index (χ1) is 9.36. The van der Waals surface area contributed by atoms with Crippen LogP contribution in [0.1, 0.15) is 56.5 Å². The molecule has 2 rings (SSSR count). The van der Waals surface area contributed by atoms with Gasteiger partial charge in [-0.3, -0.25) is 4.79 Å². The zero-order valence-corrected chi connectivity index (χ0v) is 13.5. The van der Waals surface area contributed by atoms with Gasteiger partial charge in [-0.1, -0.05) is 27.7 Å². The predicted molar refractivity (Wildman–Crippen MR) is 82.9 cm³/mol. The Hall–Kier alpha value is -1.34. The molecule has 1 aliphatic carbocycles. The monoisotopic (exact) mass is 290 g/mol. The molecule has 1 atom stereocenters.